The van der Waals surface area contributed by atoms with Gasteiger partial charge in [-0.15, -0.1) is 0 Å². The average Bonchev–Trinajstić information content (AvgIpc) is 2.40. The third-order valence-electron chi connectivity index (χ3n) is 25.7. The highest BCUT2D eigenvalue weighted by molar-refractivity contribution is 6.81. The molecule has 32 rings (SSSR count). The van der Waals surface area contributed by atoms with Gasteiger partial charge in [-0.2, -0.15) is 0 Å². The van der Waals surface area contributed by atoms with Crippen molar-refractivity contribution in [3.63, 3.8) is 0 Å². The van der Waals surface area contributed by atoms with E-state index >= 15 is 4.79 Å². The Morgan fingerprint density at radius 2 is 0.479 bits per heavy atom. The summed E-state index contributed by atoms with van der Waals surface area (Å²) in [5, 5.41) is 82.8. The summed E-state index contributed by atoms with van der Waals surface area (Å²) >= 11 is 0. The number of carbonyl (C=O) groups excluding carboxylic acids is 1. The average molecular weight is 907 g/mol. The molecule has 0 radical (unpaired) electrons. The van der Waals surface area contributed by atoms with Gasteiger partial charge in [-0.3, -0.25) is 4.79 Å². The van der Waals surface area contributed by atoms with Gasteiger partial charge >= 0.3 is 5.97 Å². The van der Waals surface area contributed by atoms with Gasteiger partial charge in [0.15, 0.2) is 5.60 Å². The van der Waals surface area contributed by atoms with Crippen molar-refractivity contribution in [2.75, 3.05) is 0 Å². The molecule has 5 aliphatic carbocycles. The van der Waals surface area contributed by atoms with Crippen molar-refractivity contribution < 1.29 is 9.53 Å². The molecular formula is C71H22O2. The van der Waals surface area contributed by atoms with Crippen LogP contribution in [0.25, 0.3) is 280 Å². The molecule has 0 heterocycles. The van der Waals surface area contributed by atoms with E-state index < -0.39 is 5.60 Å². The zero-order valence-corrected chi connectivity index (χ0v) is 39.0. The first-order chi connectivity index (χ1) is 36.2. The Hall–Kier alpha value is -8.07. The molecule has 27 aromatic rings. The van der Waals surface area contributed by atoms with Crippen LogP contribution < -0.4 is 0 Å². The fourth-order valence-electron chi connectivity index (χ4n) is 25.2. The van der Waals surface area contributed by atoms with E-state index in [9.17, 15) is 0 Å². The molecule has 0 fully saturated rings. The Balaban J connectivity index is 1.13. The van der Waals surface area contributed by atoms with Gasteiger partial charge in [0.2, 0.25) is 0 Å². The number of benzene rings is 17. The van der Waals surface area contributed by atoms with Crippen LogP contribution in [0.15, 0.2) is 0 Å². The number of hydrogen-bond donors (Lipinski definition) is 0. The van der Waals surface area contributed by atoms with E-state index in [1.807, 2.05) is 0 Å². The van der Waals surface area contributed by atoms with Crippen molar-refractivity contribution in [3.05, 3.63) is 33.4 Å². The smallest absolute Gasteiger partial charge is 0.307 e. The van der Waals surface area contributed by atoms with E-state index in [1.165, 1.54) is 68.3 Å². The first kappa shape index (κ1) is 29.4. The first-order valence-corrected chi connectivity index (χ1v) is 28.2. The van der Waals surface area contributed by atoms with E-state index in [2.05, 4.69) is 13.8 Å². The van der Waals surface area contributed by atoms with Crippen LogP contribution in [0.5, 0.6) is 0 Å². The molecule has 2 heteroatoms. The van der Waals surface area contributed by atoms with Gasteiger partial charge in [0.1, 0.15) is 0 Å². The van der Waals surface area contributed by atoms with E-state index in [4.69, 9.17) is 4.74 Å². The molecule has 0 bridgehead atoms. The summed E-state index contributed by atoms with van der Waals surface area (Å²) in [6.45, 7) is 4.68. The van der Waals surface area contributed by atoms with Gasteiger partial charge in [0, 0.05) is 33.9 Å². The van der Waals surface area contributed by atoms with E-state index in [0.717, 1.165) is 25.7 Å². The van der Waals surface area contributed by atoms with Gasteiger partial charge in [-0.25, -0.2) is 0 Å². The predicted molar refractivity (Wildman–Crippen MR) is 307 cm³/mol. The molecule has 318 valence electrons. The zero-order chi connectivity index (χ0) is 44.4. The fourth-order valence-corrected chi connectivity index (χ4v) is 25.2. The lowest BCUT2D eigenvalue weighted by molar-refractivity contribution is -0.153. The minimum Gasteiger partial charge on any atom is -0.444 e. The molecule has 5 aliphatic rings. The maximum Gasteiger partial charge on any atom is 0.307 e. The lowest BCUT2D eigenvalue weighted by Crippen LogP contribution is -2.45. The molecule has 0 spiro atoms. The minimum atomic E-state index is -1.01. The monoisotopic (exact) mass is 906 g/mol. The molecule has 2 atom stereocenters. The summed E-state index contributed by atoms with van der Waals surface area (Å²) in [5.41, 5.74) is 7.79. The van der Waals surface area contributed by atoms with Crippen molar-refractivity contribution in [1.29, 1.82) is 0 Å². The Morgan fingerprint density at radius 1 is 0.260 bits per heavy atom. The highest BCUT2D eigenvalue weighted by Gasteiger charge is 2.68. The predicted octanol–water partition coefficient (Wildman–Crippen LogP) is 19.6. The van der Waals surface area contributed by atoms with E-state index in [1.54, 1.807) is 264 Å². The topological polar surface area (TPSA) is 26.3 Å². The normalized spacial score (nSPS) is 21.3. The zero-order valence-electron chi connectivity index (χ0n) is 39.0. The Labute approximate surface area is 403 Å². The molecule has 27 aromatic carbocycles. The molecule has 0 saturated carbocycles. The van der Waals surface area contributed by atoms with Crippen molar-refractivity contribution >= 4 is 286 Å². The van der Waals surface area contributed by atoms with Crippen LogP contribution >= 0.6 is 0 Å². The van der Waals surface area contributed by atoms with Crippen LogP contribution in [0.2, 0.25) is 0 Å². The van der Waals surface area contributed by atoms with Crippen molar-refractivity contribution in [3.8, 4) is 0 Å². The van der Waals surface area contributed by atoms with Crippen LogP contribution in [0.1, 0.15) is 98.6 Å². The summed E-state index contributed by atoms with van der Waals surface area (Å²) in [6, 6.07) is 0. The van der Waals surface area contributed by atoms with Gasteiger partial charge in [-0.05, 0) is 304 Å². The minimum absolute atomic E-state index is 0.00785. The molecule has 2 unspecified atom stereocenters. The van der Waals surface area contributed by atoms with Crippen molar-refractivity contribution in [2.24, 2.45) is 0 Å². The maximum atomic E-state index is 15.7. The van der Waals surface area contributed by atoms with Gasteiger partial charge in [0.05, 0.1) is 0 Å². The second kappa shape index (κ2) is 7.02. The largest absolute Gasteiger partial charge is 0.444 e. The maximum absolute atomic E-state index is 15.7. The summed E-state index contributed by atoms with van der Waals surface area (Å²) in [4.78, 5) is 15.7. The van der Waals surface area contributed by atoms with Crippen molar-refractivity contribution in [1.82, 2.24) is 0 Å². The lowest BCUT2D eigenvalue weighted by atomic mass is 9.56. The second-order valence-corrected chi connectivity index (χ2v) is 26.7. The summed E-state index contributed by atoms with van der Waals surface area (Å²) in [7, 11) is 0. The van der Waals surface area contributed by atoms with Gasteiger partial charge < -0.3 is 4.74 Å². The molecule has 0 N–H and O–H groups in total. The summed E-state index contributed by atoms with van der Waals surface area (Å²) in [6.07, 6.45) is 8.20. The molecule has 0 aliphatic heterocycles. The van der Waals surface area contributed by atoms with Crippen LogP contribution in [0.3, 0.4) is 0 Å². The highest BCUT2D eigenvalue weighted by atomic mass is 16.6. The third kappa shape index (κ3) is 1.70. The fraction of sp³-hybridized carbons (Fsp3) is 0.169. The number of rotatable bonds is 9. The number of ether oxygens (including phenoxy) is 1. The molecule has 0 aromatic heterocycles. The second-order valence-electron chi connectivity index (χ2n) is 26.7. The molecule has 2 nitrogen and oxygen atoms in total. The van der Waals surface area contributed by atoms with E-state index in [-0.39, 0.29) is 11.4 Å². The van der Waals surface area contributed by atoms with Crippen LogP contribution in [-0.2, 0) is 20.5 Å². The Morgan fingerprint density at radius 3 is 0.822 bits per heavy atom. The number of hydrogen-bond acceptors (Lipinski definition) is 2. The third-order valence-corrected chi connectivity index (χ3v) is 25.7. The summed E-state index contributed by atoms with van der Waals surface area (Å²) in [5.74, 6) is 0.00785. The molecule has 0 amide bonds. The lowest BCUT2D eigenvalue weighted by Gasteiger charge is -2.48. The molecule has 0 saturated heterocycles. The Kier molecular flexibility index (Phi) is 2.83. The van der Waals surface area contributed by atoms with Gasteiger partial charge in [-0.1, -0.05) is 46.0 Å². The number of carbonyl (C=O) groups is 1. The molecule has 73 heavy (non-hydrogen) atoms. The van der Waals surface area contributed by atoms with E-state index in [0.29, 0.717) is 6.42 Å². The van der Waals surface area contributed by atoms with Crippen LogP contribution in [-0.4, -0.2) is 5.97 Å². The Bertz CT molecular complexity index is 7270. The van der Waals surface area contributed by atoms with Crippen LogP contribution in [0, 0.1) is 0 Å². The molecular weight excluding hydrogens is 885 g/mol. The number of esters is 1. The van der Waals surface area contributed by atoms with Gasteiger partial charge in [0.25, 0.3) is 0 Å². The summed E-state index contributed by atoms with van der Waals surface area (Å²) < 4.78 is 8.14. The quantitative estimate of drug-likeness (QED) is 0.0819. The number of unbranched alkanes of at least 4 members (excludes halogenated alkanes) is 4. The SMILES string of the molecule is CCCCCC(=O)OC12c3c4c5c6c7c8c9c%10c(c1c1c%11c2c2c%12c3c5c3c5c6c6c7c7c9c9c%13c%10c1c1c%10c%11c%11c2c2c%12c3c3c5c5c6c6c7c9c7c(c%131)c1c%10c%11c9c2c3c2c9c1c7c6c52)C48CCCCC. The van der Waals surface area contributed by atoms with Crippen molar-refractivity contribution in [2.45, 2.75) is 76.2 Å². The first-order valence-electron chi connectivity index (χ1n) is 28.2. The standard InChI is InChI=1S/C71H22O2/c1-3-5-7-9-11(72)73-71-65-57-48-41-28-21-15-14-16-12-13-17(15)26(28)32-30-19(13)22-18(12)29-31-25(16)27-20(14)23-24(21)35-42-34(23)43-40(27)47-45(31)49-36(29)38-33(22)39-37(30)50(46(32)48)61(65)63-52(39)51(38)62-60(49)64-56(47)53(43)58-55(42)59(54(57)44(35)41)68(71)66(58)70(64,10-8-6-4-2)67(62)69(63)71/h3-10H2,1-2H3. The van der Waals surface area contributed by atoms with Crippen LogP contribution in [0.4, 0.5) is 0 Å². The highest BCUT2D eigenvalue weighted by Crippen LogP contribution is 2.84.